The van der Waals surface area contributed by atoms with Crippen LogP contribution in [-0.2, 0) is 6.54 Å². The molecule has 38 heavy (non-hydrogen) atoms. The Labute approximate surface area is 223 Å². The SMILES string of the molecule is CCn1c2ccccc2c2cc(C3Nc4c(OCCOc5ccccc5)cccc4C4C=CCC43)ccc21. The molecule has 0 amide bonds. The first kappa shape index (κ1) is 23.0. The maximum Gasteiger partial charge on any atom is 0.142 e. The van der Waals surface area contributed by atoms with Gasteiger partial charge in [-0.2, -0.15) is 0 Å². The van der Waals surface area contributed by atoms with Gasteiger partial charge in [0.2, 0.25) is 0 Å². The second kappa shape index (κ2) is 9.60. The second-order valence-corrected chi connectivity index (χ2v) is 10.2. The molecule has 3 unspecified atom stereocenters. The molecule has 0 spiro atoms. The van der Waals surface area contributed by atoms with Crippen molar-refractivity contribution in [2.45, 2.75) is 31.8 Å². The summed E-state index contributed by atoms with van der Waals surface area (Å²) in [7, 11) is 0. The van der Waals surface area contributed by atoms with Gasteiger partial charge in [0, 0.05) is 34.3 Å². The van der Waals surface area contributed by atoms with E-state index in [2.05, 4.69) is 89.6 Å². The van der Waals surface area contributed by atoms with E-state index < -0.39 is 0 Å². The number of rotatable bonds is 7. The van der Waals surface area contributed by atoms with Crippen molar-refractivity contribution in [2.75, 3.05) is 18.5 Å². The highest BCUT2D eigenvalue weighted by Crippen LogP contribution is 2.52. The maximum absolute atomic E-state index is 6.29. The molecule has 1 aromatic heterocycles. The van der Waals surface area contributed by atoms with Gasteiger partial charge >= 0.3 is 0 Å². The summed E-state index contributed by atoms with van der Waals surface area (Å²) in [6.45, 7) is 4.17. The number of hydrogen-bond acceptors (Lipinski definition) is 3. The lowest BCUT2D eigenvalue weighted by atomic mass is 9.76. The highest BCUT2D eigenvalue weighted by molar-refractivity contribution is 6.08. The summed E-state index contributed by atoms with van der Waals surface area (Å²) in [5, 5.41) is 6.59. The van der Waals surface area contributed by atoms with Gasteiger partial charge in [0.1, 0.15) is 24.7 Å². The summed E-state index contributed by atoms with van der Waals surface area (Å²) in [6, 6.07) is 32.4. The van der Waals surface area contributed by atoms with Gasteiger partial charge in [-0.05, 0) is 66.8 Å². The van der Waals surface area contributed by atoms with Crippen LogP contribution < -0.4 is 14.8 Å². The van der Waals surface area contributed by atoms with Crippen molar-refractivity contribution in [3.05, 3.63) is 114 Å². The monoisotopic (exact) mass is 500 g/mol. The molecule has 190 valence electrons. The highest BCUT2D eigenvalue weighted by atomic mass is 16.5. The predicted octanol–water partition coefficient (Wildman–Crippen LogP) is 8.10. The molecular weight excluding hydrogens is 468 g/mol. The fourth-order valence-corrected chi connectivity index (χ4v) is 6.48. The first-order valence-electron chi connectivity index (χ1n) is 13.7. The van der Waals surface area contributed by atoms with E-state index in [1.165, 1.54) is 32.9 Å². The number of allylic oxidation sites excluding steroid dienone is 2. The maximum atomic E-state index is 6.29. The Kier molecular flexibility index (Phi) is 5.81. The van der Waals surface area contributed by atoms with Crippen molar-refractivity contribution in [3.8, 4) is 11.5 Å². The Morgan fingerprint density at radius 2 is 1.63 bits per heavy atom. The number of ether oxygens (including phenoxy) is 2. The molecule has 7 rings (SSSR count). The van der Waals surface area contributed by atoms with Crippen LogP contribution in [0.1, 0.15) is 36.4 Å². The molecule has 0 radical (unpaired) electrons. The van der Waals surface area contributed by atoms with Crippen molar-refractivity contribution in [3.63, 3.8) is 0 Å². The first-order chi connectivity index (χ1) is 18.8. The Bertz CT molecular complexity index is 1640. The van der Waals surface area contributed by atoms with Gasteiger partial charge in [-0.3, -0.25) is 0 Å². The fourth-order valence-electron chi connectivity index (χ4n) is 6.48. The zero-order valence-electron chi connectivity index (χ0n) is 21.6. The number of para-hydroxylation sites is 3. The quantitative estimate of drug-likeness (QED) is 0.181. The first-order valence-corrected chi connectivity index (χ1v) is 13.7. The smallest absolute Gasteiger partial charge is 0.142 e. The van der Waals surface area contributed by atoms with Crippen LogP contribution in [-0.4, -0.2) is 17.8 Å². The minimum atomic E-state index is 0.209. The molecule has 4 nitrogen and oxygen atoms in total. The van der Waals surface area contributed by atoms with Crippen molar-refractivity contribution in [1.29, 1.82) is 0 Å². The minimum Gasteiger partial charge on any atom is -0.490 e. The van der Waals surface area contributed by atoms with E-state index in [-0.39, 0.29) is 6.04 Å². The molecule has 0 fully saturated rings. The van der Waals surface area contributed by atoms with E-state index in [1.54, 1.807) is 0 Å². The standard InChI is InChI=1S/C34H32N2O2/c1-2-36-30-16-7-6-12-26(30)29-22-23(18-19-31(29)36)33-27-14-8-13-25(27)28-15-9-17-32(34(28)35-33)38-21-20-37-24-10-4-3-5-11-24/h3-13,15-19,22,25,27,33,35H,2,14,20-21H2,1H3. The number of hydrogen-bond donors (Lipinski definition) is 1. The van der Waals surface area contributed by atoms with Crippen molar-refractivity contribution in [2.24, 2.45) is 5.92 Å². The van der Waals surface area contributed by atoms with Crippen LogP contribution in [0.5, 0.6) is 11.5 Å². The number of aryl methyl sites for hydroxylation is 1. The van der Waals surface area contributed by atoms with Crippen molar-refractivity contribution < 1.29 is 9.47 Å². The molecule has 0 saturated carbocycles. The van der Waals surface area contributed by atoms with E-state index >= 15 is 0 Å². The lowest BCUT2D eigenvalue weighted by Gasteiger charge is -2.38. The molecule has 1 aliphatic heterocycles. The van der Waals surface area contributed by atoms with Crippen LogP contribution in [0.2, 0.25) is 0 Å². The predicted molar refractivity (Wildman–Crippen MR) is 155 cm³/mol. The molecular formula is C34H32N2O2. The van der Waals surface area contributed by atoms with E-state index in [9.17, 15) is 0 Å². The average Bonchev–Trinajstić information content (AvgIpc) is 3.58. The Hall–Kier alpha value is -4.18. The molecule has 2 aliphatic rings. The summed E-state index contributed by atoms with van der Waals surface area (Å²) < 4.78 is 14.6. The van der Waals surface area contributed by atoms with Crippen LogP contribution in [0.4, 0.5) is 5.69 Å². The summed E-state index contributed by atoms with van der Waals surface area (Å²) in [5.41, 5.74) is 6.38. The summed E-state index contributed by atoms with van der Waals surface area (Å²) in [4.78, 5) is 0. The van der Waals surface area contributed by atoms with Gasteiger partial charge in [0.05, 0.1) is 11.7 Å². The molecule has 0 saturated heterocycles. The number of fused-ring (bicyclic) bond motifs is 6. The molecule has 4 heteroatoms. The van der Waals surface area contributed by atoms with Gasteiger partial charge in [-0.25, -0.2) is 0 Å². The van der Waals surface area contributed by atoms with E-state index in [0.29, 0.717) is 25.0 Å². The van der Waals surface area contributed by atoms with E-state index in [0.717, 1.165) is 30.2 Å². The summed E-state index contributed by atoms with van der Waals surface area (Å²) in [6.07, 6.45) is 5.81. The van der Waals surface area contributed by atoms with Gasteiger partial charge in [-0.15, -0.1) is 0 Å². The zero-order valence-corrected chi connectivity index (χ0v) is 21.6. The van der Waals surface area contributed by atoms with Crippen LogP contribution in [0.25, 0.3) is 21.8 Å². The molecule has 1 aliphatic carbocycles. The van der Waals surface area contributed by atoms with Crippen LogP contribution in [0, 0.1) is 5.92 Å². The fraction of sp³-hybridized carbons (Fsp3) is 0.235. The Morgan fingerprint density at radius 3 is 2.53 bits per heavy atom. The Morgan fingerprint density at radius 1 is 0.816 bits per heavy atom. The molecule has 4 aromatic carbocycles. The molecule has 2 heterocycles. The average molecular weight is 501 g/mol. The normalized spacial score (nSPS) is 19.8. The molecule has 0 bridgehead atoms. The largest absolute Gasteiger partial charge is 0.490 e. The van der Waals surface area contributed by atoms with E-state index in [4.69, 9.17) is 9.47 Å². The number of nitrogens with one attached hydrogen (secondary N) is 1. The van der Waals surface area contributed by atoms with Crippen LogP contribution in [0.15, 0.2) is 103 Å². The number of benzene rings is 4. The summed E-state index contributed by atoms with van der Waals surface area (Å²) in [5.74, 6) is 2.62. The van der Waals surface area contributed by atoms with Crippen molar-refractivity contribution in [1.82, 2.24) is 4.57 Å². The zero-order chi connectivity index (χ0) is 25.5. The molecule has 3 atom stereocenters. The lowest BCUT2D eigenvalue weighted by Crippen LogP contribution is -2.29. The molecule has 5 aromatic rings. The minimum absolute atomic E-state index is 0.209. The van der Waals surface area contributed by atoms with Gasteiger partial charge < -0.3 is 19.4 Å². The van der Waals surface area contributed by atoms with Gasteiger partial charge in [0.25, 0.3) is 0 Å². The van der Waals surface area contributed by atoms with E-state index in [1.807, 2.05) is 30.3 Å². The lowest BCUT2D eigenvalue weighted by molar-refractivity contribution is 0.217. The van der Waals surface area contributed by atoms with Gasteiger partial charge in [0.15, 0.2) is 0 Å². The number of anilines is 1. The van der Waals surface area contributed by atoms with Crippen LogP contribution in [0.3, 0.4) is 0 Å². The second-order valence-electron chi connectivity index (χ2n) is 10.2. The Balaban J connectivity index is 1.21. The topological polar surface area (TPSA) is 35.4 Å². The van der Waals surface area contributed by atoms with Crippen molar-refractivity contribution >= 4 is 27.5 Å². The number of aromatic nitrogens is 1. The number of nitrogens with zero attached hydrogens (tertiary/aromatic N) is 1. The van der Waals surface area contributed by atoms with Crippen LogP contribution >= 0.6 is 0 Å². The third kappa shape index (κ3) is 3.83. The third-order valence-corrected chi connectivity index (χ3v) is 8.18. The molecule has 1 N–H and O–H groups in total. The highest BCUT2D eigenvalue weighted by Gasteiger charge is 2.39. The summed E-state index contributed by atoms with van der Waals surface area (Å²) >= 11 is 0. The third-order valence-electron chi connectivity index (χ3n) is 8.18. The van der Waals surface area contributed by atoms with Gasteiger partial charge in [-0.1, -0.05) is 66.7 Å².